The number of amides is 1. The first-order valence-corrected chi connectivity index (χ1v) is 13.5. The normalized spacial score (nSPS) is 19.0. The molecule has 36 heavy (non-hydrogen) atoms. The summed E-state index contributed by atoms with van der Waals surface area (Å²) in [5.74, 6) is 0.791. The smallest absolute Gasteiger partial charge is 0.286 e. The molecule has 1 saturated heterocycles. The maximum absolute atomic E-state index is 13.5. The van der Waals surface area contributed by atoms with Crippen LogP contribution >= 0.6 is 35.0 Å². The van der Waals surface area contributed by atoms with E-state index in [-0.39, 0.29) is 17.8 Å². The third-order valence-corrected chi connectivity index (χ3v) is 7.88. The van der Waals surface area contributed by atoms with Crippen molar-refractivity contribution in [3.05, 3.63) is 80.8 Å². The Kier molecular flexibility index (Phi) is 7.69. The zero-order valence-electron chi connectivity index (χ0n) is 19.6. The third-order valence-electron chi connectivity index (χ3n) is 6.34. The van der Waals surface area contributed by atoms with Crippen LogP contribution in [0.3, 0.4) is 0 Å². The molecule has 0 radical (unpaired) electrons. The lowest BCUT2D eigenvalue weighted by Crippen LogP contribution is -2.47. The van der Waals surface area contributed by atoms with Crippen LogP contribution in [-0.2, 0) is 10.5 Å². The van der Waals surface area contributed by atoms with E-state index in [1.807, 2.05) is 11.1 Å². The molecule has 1 amide bonds. The van der Waals surface area contributed by atoms with Crippen molar-refractivity contribution in [1.29, 1.82) is 0 Å². The van der Waals surface area contributed by atoms with Gasteiger partial charge in [-0.2, -0.15) is 16.9 Å². The van der Waals surface area contributed by atoms with Crippen molar-refractivity contribution in [2.24, 2.45) is 0 Å². The summed E-state index contributed by atoms with van der Waals surface area (Å²) in [5.41, 5.74) is 7.54. The number of ether oxygens (including phenoxy) is 1. The first-order valence-electron chi connectivity index (χ1n) is 11.6. The van der Waals surface area contributed by atoms with Gasteiger partial charge in [0.05, 0.1) is 29.1 Å². The fourth-order valence-electron chi connectivity index (χ4n) is 4.66. The highest BCUT2D eigenvalue weighted by atomic mass is 35.5. The van der Waals surface area contributed by atoms with Crippen LogP contribution < -0.4 is 5.43 Å². The fourth-order valence-corrected chi connectivity index (χ4v) is 6.17. The molecule has 0 bridgehead atoms. The molecule has 10 heteroatoms. The molecular weight excluding hydrogens is 522 g/mol. The molecule has 0 saturated carbocycles. The van der Waals surface area contributed by atoms with Crippen LogP contribution in [0.2, 0.25) is 10.0 Å². The van der Waals surface area contributed by atoms with Gasteiger partial charge in [0.25, 0.3) is 5.91 Å². The molecule has 3 heterocycles. The average Bonchev–Trinajstić information content (AvgIpc) is 3.46. The minimum atomic E-state index is -0.290. The quantitative estimate of drug-likeness (QED) is 0.419. The number of rotatable bonds is 6. The standard InChI is InChI=1S/C26H25Cl2FN4O2S/c1-35-13-20-3-2-10-32(20)31-26(34)24-21-15-36-14-17(11-16-4-7-19(29)8-5-16)25(21)33(30-24)23-9-6-18(27)12-22(23)28/h4-9,11-12,20H,2-3,10,13-15H2,1H3,(H,31,34)/b17-11+/t20-/m1/s1. The van der Waals surface area contributed by atoms with Gasteiger partial charge in [-0.1, -0.05) is 35.3 Å². The summed E-state index contributed by atoms with van der Waals surface area (Å²) in [6.45, 7) is 1.31. The van der Waals surface area contributed by atoms with Gasteiger partial charge in [0.2, 0.25) is 0 Å². The summed E-state index contributed by atoms with van der Waals surface area (Å²) in [7, 11) is 1.67. The van der Waals surface area contributed by atoms with E-state index in [1.54, 1.807) is 53.9 Å². The van der Waals surface area contributed by atoms with Crippen molar-refractivity contribution in [3.8, 4) is 5.69 Å². The van der Waals surface area contributed by atoms with E-state index in [2.05, 4.69) is 5.43 Å². The van der Waals surface area contributed by atoms with E-state index in [4.69, 9.17) is 33.0 Å². The van der Waals surface area contributed by atoms with E-state index < -0.39 is 0 Å². The molecule has 0 unspecified atom stereocenters. The first kappa shape index (κ1) is 25.3. The van der Waals surface area contributed by atoms with Gasteiger partial charge in [-0.25, -0.2) is 14.1 Å². The summed E-state index contributed by atoms with van der Waals surface area (Å²) in [6.07, 6.45) is 3.95. The van der Waals surface area contributed by atoms with Gasteiger partial charge < -0.3 is 4.74 Å². The number of hydrazine groups is 1. The predicted octanol–water partition coefficient (Wildman–Crippen LogP) is 5.86. The molecule has 2 aliphatic rings. The Morgan fingerprint density at radius 1 is 1.25 bits per heavy atom. The lowest BCUT2D eigenvalue weighted by Gasteiger charge is -2.24. The maximum Gasteiger partial charge on any atom is 0.286 e. The summed E-state index contributed by atoms with van der Waals surface area (Å²) < 4.78 is 20.5. The maximum atomic E-state index is 13.5. The number of thioether (sulfide) groups is 1. The Balaban J connectivity index is 1.59. The minimum absolute atomic E-state index is 0.130. The topological polar surface area (TPSA) is 59.4 Å². The van der Waals surface area contributed by atoms with Crippen LogP contribution in [0, 0.1) is 5.82 Å². The fraction of sp³-hybridized carbons (Fsp3) is 0.308. The van der Waals surface area contributed by atoms with Crippen LogP contribution in [0.25, 0.3) is 17.3 Å². The Hall–Kier alpha value is -2.36. The molecule has 3 aromatic rings. The molecule has 2 aliphatic heterocycles. The van der Waals surface area contributed by atoms with E-state index in [9.17, 15) is 9.18 Å². The molecule has 5 rings (SSSR count). The highest BCUT2D eigenvalue weighted by molar-refractivity contribution is 7.99. The van der Waals surface area contributed by atoms with E-state index in [0.29, 0.717) is 39.5 Å². The highest BCUT2D eigenvalue weighted by Crippen LogP contribution is 2.38. The summed E-state index contributed by atoms with van der Waals surface area (Å²) in [6, 6.07) is 11.7. The van der Waals surface area contributed by atoms with E-state index in [1.165, 1.54) is 12.1 Å². The number of hydrogen-bond acceptors (Lipinski definition) is 5. The average molecular weight is 547 g/mol. The number of nitrogens with one attached hydrogen (secondary N) is 1. The first-order chi connectivity index (χ1) is 17.4. The van der Waals surface area contributed by atoms with Gasteiger partial charge in [-0.15, -0.1) is 0 Å². The number of aromatic nitrogens is 2. The number of hydrogen-bond donors (Lipinski definition) is 1. The number of benzene rings is 2. The lowest BCUT2D eigenvalue weighted by atomic mass is 10.0. The van der Waals surface area contributed by atoms with Gasteiger partial charge in [-0.05, 0) is 60.4 Å². The van der Waals surface area contributed by atoms with Crippen molar-refractivity contribution >= 4 is 52.5 Å². The zero-order valence-corrected chi connectivity index (χ0v) is 22.0. The monoisotopic (exact) mass is 546 g/mol. The molecule has 1 atom stereocenters. The highest BCUT2D eigenvalue weighted by Gasteiger charge is 2.32. The zero-order chi connectivity index (χ0) is 25.2. The van der Waals surface area contributed by atoms with E-state index >= 15 is 0 Å². The lowest BCUT2D eigenvalue weighted by molar-refractivity contribution is 0.0606. The van der Waals surface area contributed by atoms with Gasteiger partial charge in [0.15, 0.2) is 5.69 Å². The van der Waals surface area contributed by atoms with Crippen LogP contribution in [0.1, 0.15) is 40.2 Å². The predicted molar refractivity (Wildman–Crippen MR) is 143 cm³/mol. The molecule has 1 N–H and O–H groups in total. The second-order valence-corrected chi connectivity index (χ2v) is 10.6. The molecule has 6 nitrogen and oxygen atoms in total. The number of fused-ring (bicyclic) bond motifs is 1. The number of nitrogens with zero attached hydrogens (tertiary/aromatic N) is 3. The van der Waals surface area contributed by atoms with Crippen molar-refractivity contribution in [1.82, 2.24) is 20.2 Å². The Labute approximate surface area is 223 Å². The van der Waals surface area contributed by atoms with Crippen LogP contribution in [0.4, 0.5) is 4.39 Å². The summed E-state index contributed by atoms with van der Waals surface area (Å²) in [4.78, 5) is 13.5. The third kappa shape index (κ3) is 5.19. The summed E-state index contributed by atoms with van der Waals surface area (Å²) in [5, 5.41) is 7.66. The Morgan fingerprint density at radius 3 is 2.81 bits per heavy atom. The number of methoxy groups -OCH3 is 1. The van der Waals surface area contributed by atoms with Crippen molar-refractivity contribution in [2.75, 3.05) is 26.0 Å². The molecule has 0 aliphatic carbocycles. The van der Waals surface area contributed by atoms with E-state index in [0.717, 1.165) is 41.8 Å². The van der Waals surface area contributed by atoms with Crippen LogP contribution in [0.5, 0.6) is 0 Å². The SMILES string of the molecule is COC[C@H]1CCCN1NC(=O)c1nn(-c2ccc(Cl)cc2Cl)c2c1CSC/C2=C\c1ccc(F)cc1. The van der Waals surface area contributed by atoms with Crippen molar-refractivity contribution in [2.45, 2.75) is 24.6 Å². The largest absolute Gasteiger partial charge is 0.383 e. The van der Waals surface area contributed by atoms with Gasteiger partial charge in [0.1, 0.15) is 5.82 Å². The van der Waals surface area contributed by atoms with Crippen LogP contribution in [-0.4, -0.2) is 52.8 Å². The molecule has 1 fully saturated rings. The Morgan fingerprint density at radius 2 is 2.06 bits per heavy atom. The number of halogens is 3. The van der Waals surface area contributed by atoms with Crippen LogP contribution in [0.15, 0.2) is 42.5 Å². The Bertz CT molecular complexity index is 1310. The van der Waals surface area contributed by atoms with Crippen molar-refractivity contribution in [3.63, 3.8) is 0 Å². The molecule has 1 aromatic heterocycles. The van der Waals surface area contributed by atoms with Gasteiger partial charge in [0, 0.05) is 35.7 Å². The van der Waals surface area contributed by atoms with Gasteiger partial charge in [-0.3, -0.25) is 10.2 Å². The molecule has 2 aromatic carbocycles. The van der Waals surface area contributed by atoms with Gasteiger partial charge >= 0.3 is 0 Å². The summed E-state index contributed by atoms with van der Waals surface area (Å²) >= 11 is 14.4. The molecule has 188 valence electrons. The van der Waals surface area contributed by atoms with Crippen molar-refractivity contribution < 1.29 is 13.9 Å². The second kappa shape index (κ2) is 10.9. The minimum Gasteiger partial charge on any atom is -0.383 e. The second-order valence-electron chi connectivity index (χ2n) is 8.78. The molecular formula is C26H25Cl2FN4O2S. The molecule has 0 spiro atoms. The number of carbonyl (C=O) groups excluding carboxylic acids is 1. The number of carbonyl (C=O) groups is 1.